The molecule has 3 N–H and O–H groups in total. The number of pyridine rings is 1. The Kier molecular flexibility index (Phi) is 4.04. The molecule has 19 heavy (non-hydrogen) atoms. The van der Waals surface area contributed by atoms with Gasteiger partial charge in [0.1, 0.15) is 12.1 Å². The van der Waals surface area contributed by atoms with Crippen molar-refractivity contribution < 1.29 is 0 Å². The van der Waals surface area contributed by atoms with Crippen molar-refractivity contribution in [2.45, 2.75) is 33.6 Å². The summed E-state index contributed by atoms with van der Waals surface area (Å²) < 4.78 is 1.84. The molecule has 5 heteroatoms. The normalized spacial score (nSPS) is 12.0. The van der Waals surface area contributed by atoms with Crippen LogP contribution in [0.2, 0.25) is 0 Å². The quantitative estimate of drug-likeness (QED) is 0.836. The molecule has 0 aliphatic heterocycles. The van der Waals surface area contributed by atoms with Gasteiger partial charge in [0.05, 0.1) is 0 Å². The molecule has 0 unspecified atom stereocenters. The standard InChI is InChI=1S/C14H23N5/c1-11-7-12(19-13(8-11)17-10-18-19)16-9-14(2,3)5-4-6-15/h7-8,10,16H,4-6,9,15H2,1-3H3. The molecule has 0 aromatic carbocycles. The molecule has 2 aromatic rings. The predicted molar refractivity (Wildman–Crippen MR) is 78.3 cm³/mol. The maximum absolute atomic E-state index is 5.58. The van der Waals surface area contributed by atoms with Gasteiger partial charge in [-0.3, -0.25) is 0 Å². The first-order chi connectivity index (χ1) is 9.02. The van der Waals surface area contributed by atoms with Gasteiger partial charge in [0.25, 0.3) is 0 Å². The lowest BCUT2D eigenvalue weighted by Crippen LogP contribution is -2.25. The van der Waals surface area contributed by atoms with Crippen molar-refractivity contribution in [1.29, 1.82) is 0 Å². The van der Waals surface area contributed by atoms with Gasteiger partial charge in [0, 0.05) is 6.54 Å². The Balaban J connectivity index is 2.11. The first kappa shape index (κ1) is 13.8. The molecule has 0 fully saturated rings. The molecule has 0 spiro atoms. The Bertz CT molecular complexity index is 544. The molecule has 0 saturated carbocycles. The van der Waals surface area contributed by atoms with Gasteiger partial charge in [-0.15, -0.1) is 0 Å². The lowest BCUT2D eigenvalue weighted by atomic mass is 9.88. The van der Waals surface area contributed by atoms with Crippen LogP contribution in [0, 0.1) is 12.3 Å². The second-order valence-corrected chi connectivity index (χ2v) is 5.86. The van der Waals surface area contributed by atoms with Gasteiger partial charge in [-0.05, 0) is 49.4 Å². The highest BCUT2D eigenvalue weighted by Crippen LogP contribution is 2.23. The SMILES string of the molecule is Cc1cc(NCC(C)(C)CCCN)n2ncnc2c1. The summed E-state index contributed by atoms with van der Waals surface area (Å²) in [5.74, 6) is 0.994. The van der Waals surface area contributed by atoms with E-state index >= 15 is 0 Å². The molecule has 0 radical (unpaired) electrons. The molecule has 0 aliphatic rings. The Morgan fingerprint density at radius 1 is 1.37 bits per heavy atom. The Morgan fingerprint density at radius 3 is 2.89 bits per heavy atom. The van der Waals surface area contributed by atoms with Crippen molar-refractivity contribution in [3.8, 4) is 0 Å². The zero-order chi connectivity index (χ0) is 13.9. The first-order valence-corrected chi connectivity index (χ1v) is 6.76. The maximum atomic E-state index is 5.58. The number of nitrogens with one attached hydrogen (secondary N) is 1. The van der Waals surface area contributed by atoms with Gasteiger partial charge in [0.2, 0.25) is 0 Å². The highest BCUT2D eigenvalue weighted by molar-refractivity contribution is 5.51. The molecule has 5 nitrogen and oxygen atoms in total. The average molecular weight is 261 g/mol. The van der Waals surface area contributed by atoms with Gasteiger partial charge in [0.15, 0.2) is 5.65 Å². The Morgan fingerprint density at radius 2 is 2.16 bits per heavy atom. The van der Waals surface area contributed by atoms with Crippen LogP contribution in [0.5, 0.6) is 0 Å². The molecular formula is C14H23N5. The van der Waals surface area contributed by atoms with Crippen LogP contribution in [-0.4, -0.2) is 27.7 Å². The number of hydrogen-bond acceptors (Lipinski definition) is 4. The van der Waals surface area contributed by atoms with Crippen molar-refractivity contribution >= 4 is 11.5 Å². The van der Waals surface area contributed by atoms with Crippen LogP contribution in [0.3, 0.4) is 0 Å². The highest BCUT2D eigenvalue weighted by Gasteiger charge is 2.17. The number of fused-ring (bicyclic) bond motifs is 1. The molecule has 104 valence electrons. The van der Waals surface area contributed by atoms with E-state index in [2.05, 4.69) is 42.2 Å². The lowest BCUT2D eigenvalue weighted by molar-refractivity contribution is 0.349. The summed E-state index contributed by atoms with van der Waals surface area (Å²) in [5, 5.41) is 7.73. The summed E-state index contributed by atoms with van der Waals surface area (Å²) in [4.78, 5) is 4.23. The van der Waals surface area contributed by atoms with Gasteiger partial charge in [-0.2, -0.15) is 9.61 Å². The van der Waals surface area contributed by atoms with Crippen molar-refractivity contribution in [3.63, 3.8) is 0 Å². The van der Waals surface area contributed by atoms with E-state index in [1.165, 1.54) is 5.56 Å². The second-order valence-electron chi connectivity index (χ2n) is 5.86. The topological polar surface area (TPSA) is 68.2 Å². The highest BCUT2D eigenvalue weighted by atomic mass is 15.3. The minimum atomic E-state index is 0.218. The molecule has 0 saturated heterocycles. The van der Waals surface area contributed by atoms with Crippen LogP contribution in [0.1, 0.15) is 32.3 Å². The third kappa shape index (κ3) is 3.44. The third-order valence-electron chi connectivity index (χ3n) is 3.33. The van der Waals surface area contributed by atoms with Gasteiger partial charge in [-0.25, -0.2) is 4.98 Å². The Labute approximate surface area is 114 Å². The molecule has 0 atom stereocenters. The second kappa shape index (κ2) is 5.57. The summed E-state index contributed by atoms with van der Waals surface area (Å²) in [5.41, 5.74) is 7.86. The fourth-order valence-corrected chi connectivity index (χ4v) is 2.18. The van der Waals surface area contributed by atoms with E-state index in [1.807, 2.05) is 10.6 Å². The zero-order valence-electron chi connectivity index (χ0n) is 12.0. The Hall–Kier alpha value is -1.62. The number of aromatic nitrogens is 3. The van der Waals surface area contributed by atoms with E-state index in [4.69, 9.17) is 5.73 Å². The van der Waals surface area contributed by atoms with Crippen LogP contribution >= 0.6 is 0 Å². The number of nitrogens with two attached hydrogens (primary N) is 1. The summed E-state index contributed by atoms with van der Waals surface area (Å²) in [6.45, 7) is 8.22. The van der Waals surface area contributed by atoms with E-state index in [0.29, 0.717) is 0 Å². The van der Waals surface area contributed by atoms with Gasteiger partial charge < -0.3 is 11.1 Å². The molecule has 0 bridgehead atoms. The molecule has 2 rings (SSSR count). The van der Waals surface area contributed by atoms with Crippen LogP contribution in [0.25, 0.3) is 5.65 Å². The molecule has 2 heterocycles. The van der Waals surface area contributed by atoms with E-state index in [0.717, 1.165) is 37.4 Å². The molecule has 0 amide bonds. The maximum Gasteiger partial charge on any atom is 0.157 e. The number of anilines is 1. The monoisotopic (exact) mass is 261 g/mol. The van der Waals surface area contributed by atoms with E-state index in [-0.39, 0.29) is 5.41 Å². The average Bonchev–Trinajstić information content (AvgIpc) is 2.81. The molecular weight excluding hydrogens is 238 g/mol. The fraction of sp³-hybridized carbons (Fsp3) is 0.571. The van der Waals surface area contributed by atoms with Crippen molar-refractivity contribution in [2.75, 3.05) is 18.4 Å². The summed E-state index contributed by atoms with van der Waals surface area (Å²) in [6, 6.07) is 4.12. The van der Waals surface area contributed by atoms with E-state index in [1.54, 1.807) is 6.33 Å². The number of hydrogen-bond donors (Lipinski definition) is 2. The van der Waals surface area contributed by atoms with Crippen LogP contribution in [0.4, 0.5) is 5.82 Å². The number of aryl methyl sites for hydroxylation is 1. The summed E-state index contributed by atoms with van der Waals surface area (Å²) >= 11 is 0. The predicted octanol–water partition coefficient (Wildman–Crippen LogP) is 2.21. The number of rotatable bonds is 6. The first-order valence-electron chi connectivity index (χ1n) is 6.76. The molecule has 2 aromatic heterocycles. The van der Waals surface area contributed by atoms with Crippen molar-refractivity contribution in [3.05, 3.63) is 24.0 Å². The van der Waals surface area contributed by atoms with Crippen molar-refractivity contribution in [2.24, 2.45) is 11.1 Å². The lowest BCUT2D eigenvalue weighted by Gasteiger charge is -2.25. The third-order valence-corrected chi connectivity index (χ3v) is 3.33. The van der Waals surface area contributed by atoms with E-state index in [9.17, 15) is 0 Å². The fourth-order valence-electron chi connectivity index (χ4n) is 2.18. The summed E-state index contributed by atoms with van der Waals surface area (Å²) in [7, 11) is 0. The van der Waals surface area contributed by atoms with Crippen LogP contribution in [-0.2, 0) is 0 Å². The summed E-state index contributed by atoms with van der Waals surface area (Å²) in [6.07, 6.45) is 3.75. The zero-order valence-corrected chi connectivity index (χ0v) is 12.0. The minimum absolute atomic E-state index is 0.218. The number of nitrogens with zero attached hydrogens (tertiary/aromatic N) is 3. The minimum Gasteiger partial charge on any atom is -0.369 e. The van der Waals surface area contributed by atoms with Gasteiger partial charge >= 0.3 is 0 Å². The smallest absolute Gasteiger partial charge is 0.157 e. The largest absolute Gasteiger partial charge is 0.369 e. The van der Waals surface area contributed by atoms with Crippen LogP contribution in [0.15, 0.2) is 18.5 Å². The van der Waals surface area contributed by atoms with Crippen LogP contribution < -0.4 is 11.1 Å². The van der Waals surface area contributed by atoms with Crippen molar-refractivity contribution in [1.82, 2.24) is 14.6 Å². The van der Waals surface area contributed by atoms with E-state index < -0.39 is 0 Å². The molecule has 0 aliphatic carbocycles. The van der Waals surface area contributed by atoms with Gasteiger partial charge in [-0.1, -0.05) is 13.8 Å².